The maximum absolute atomic E-state index is 11.5. The largest absolute Gasteiger partial charge is 0.379 e. The molecule has 2 aliphatic heterocycles. The number of hydrogen-bond acceptors (Lipinski definition) is 6. The van der Waals surface area contributed by atoms with E-state index in [0.717, 1.165) is 102 Å². The summed E-state index contributed by atoms with van der Waals surface area (Å²) in [5.74, 6) is -0.114. The molecule has 6 rings (SSSR count). The molecule has 0 bridgehead atoms. The number of aromatic nitrogens is 2. The Bertz CT molecular complexity index is 1370. The Morgan fingerprint density at radius 1 is 0.786 bits per heavy atom. The van der Waals surface area contributed by atoms with Gasteiger partial charge in [-0.05, 0) is 59.4 Å². The van der Waals surface area contributed by atoms with Crippen molar-refractivity contribution in [2.24, 2.45) is 0 Å². The molecule has 0 spiro atoms. The van der Waals surface area contributed by atoms with Gasteiger partial charge in [-0.2, -0.15) is 0 Å². The van der Waals surface area contributed by atoms with E-state index in [1.165, 1.54) is 33.0 Å². The second-order valence-corrected chi connectivity index (χ2v) is 11.7. The van der Waals surface area contributed by atoms with Crippen LogP contribution in [0.5, 0.6) is 0 Å². The summed E-state index contributed by atoms with van der Waals surface area (Å²) in [6, 6.07) is 13.7. The molecule has 42 heavy (non-hydrogen) atoms. The Hall–Kier alpha value is -3.21. The minimum Gasteiger partial charge on any atom is -0.379 e. The van der Waals surface area contributed by atoms with Crippen molar-refractivity contribution >= 4 is 27.7 Å². The molecule has 9 heteroatoms. The molecular weight excluding hydrogens is 530 g/mol. The molecule has 0 radical (unpaired) electrons. The number of morpholine rings is 2. The first kappa shape index (κ1) is 28.9. The zero-order valence-corrected chi connectivity index (χ0v) is 24.4. The quantitative estimate of drug-likeness (QED) is 0.109. The summed E-state index contributed by atoms with van der Waals surface area (Å²) in [6.45, 7) is 8.93. The highest BCUT2D eigenvalue weighted by Crippen LogP contribution is 2.39. The number of H-pyrrole nitrogens is 2. The van der Waals surface area contributed by atoms with E-state index in [-0.39, 0.29) is 11.8 Å². The number of ether oxygens (including phenoxy) is 2. The summed E-state index contributed by atoms with van der Waals surface area (Å²) in [7, 11) is 0. The number of carbonyl (C=O) groups is 1. The van der Waals surface area contributed by atoms with E-state index >= 15 is 0 Å². The van der Waals surface area contributed by atoms with Crippen LogP contribution in [0.4, 0.5) is 0 Å². The molecule has 4 aromatic rings. The molecule has 224 valence electrons. The predicted octanol–water partition coefficient (Wildman–Crippen LogP) is 4.90. The molecule has 1 amide bonds. The van der Waals surface area contributed by atoms with Crippen molar-refractivity contribution in [3.05, 3.63) is 71.0 Å². The zero-order chi connectivity index (χ0) is 28.7. The number of nitrogens with zero attached hydrogens (tertiary/aromatic N) is 2. The molecule has 2 aromatic carbocycles. The lowest BCUT2D eigenvalue weighted by atomic mass is 9.85. The summed E-state index contributed by atoms with van der Waals surface area (Å²) in [5.41, 5.74) is 9.36. The first-order chi connectivity index (χ1) is 20.7. The zero-order valence-electron chi connectivity index (χ0n) is 24.4. The van der Waals surface area contributed by atoms with Gasteiger partial charge in [0.25, 0.3) is 0 Å². The normalized spacial score (nSPS) is 17.0. The highest BCUT2D eigenvalue weighted by atomic mass is 16.5. The third-order valence-corrected chi connectivity index (χ3v) is 8.85. The maximum atomic E-state index is 11.5. The molecule has 0 atom stereocenters. The van der Waals surface area contributed by atoms with Crippen molar-refractivity contribution in [2.45, 2.75) is 51.1 Å². The van der Waals surface area contributed by atoms with Crippen LogP contribution >= 0.6 is 0 Å². The Kier molecular flexibility index (Phi) is 9.52. The summed E-state index contributed by atoms with van der Waals surface area (Å²) in [5, 5.41) is 11.4. The number of amides is 1. The van der Waals surface area contributed by atoms with Crippen molar-refractivity contribution in [1.29, 1.82) is 0 Å². The van der Waals surface area contributed by atoms with Crippen molar-refractivity contribution < 1.29 is 19.5 Å². The average molecular weight is 574 g/mol. The Labute approximate surface area is 247 Å². The van der Waals surface area contributed by atoms with Gasteiger partial charge in [0.2, 0.25) is 5.91 Å². The predicted molar refractivity (Wildman–Crippen MR) is 164 cm³/mol. The fourth-order valence-electron chi connectivity index (χ4n) is 6.53. The molecule has 0 saturated carbocycles. The van der Waals surface area contributed by atoms with Crippen molar-refractivity contribution in [1.82, 2.24) is 25.2 Å². The number of rotatable bonds is 12. The van der Waals surface area contributed by atoms with Crippen LogP contribution in [-0.2, 0) is 27.4 Å². The van der Waals surface area contributed by atoms with E-state index in [0.29, 0.717) is 6.42 Å². The second kappa shape index (κ2) is 13.8. The van der Waals surface area contributed by atoms with Crippen LogP contribution in [0.15, 0.2) is 48.8 Å². The lowest BCUT2D eigenvalue weighted by molar-refractivity contribution is -0.129. The van der Waals surface area contributed by atoms with Crippen LogP contribution in [0, 0.1) is 0 Å². The number of hydrogen-bond donors (Lipinski definition) is 4. The third-order valence-electron chi connectivity index (χ3n) is 8.85. The lowest BCUT2D eigenvalue weighted by Gasteiger charge is -2.26. The van der Waals surface area contributed by atoms with E-state index in [4.69, 9.17) is 14.7 Å². The standard InChI is InChI=1S/C33H43N5O4/c39-33(36-40)5-3-1-2-4-26(29-20-34-31-8-6-24(18-27(29)31)22-37-10-14-41-15-11-37)30-21-35-32-9-7-25(19-28(30)32)23-38-12-16-42-17-13-38/h6-9,18-21,26,34-35,40H,1-5,10-17,22-23H2,(H,36,39). The Balaban J connectivity index is 1.29. The van der Waals surface area contributed by atoms with Gasteiger partial charge in [-0.25, -0.2) is 5.48 Å². The fraction of sp³-hybridized carbons (Fsp3) is 0.485. The maximum Gasteiger partial charge on any atom is 0.243 e. The molecule has 2 aromatic heterocycles. The van der Waals surface area contributed by atoms with E-state index in [1.807, 2.05) is 0 Å². The molecular formula is C33H43N5O4. The van der Waals surface area contributed by atoms with Gasteiger partial charge in [0.1, 0.15) is 0 Å². The average Bonchev–Trinajstić information content (AvgIpc) is 3.64. The van der Waals surface area contributed by atoms with Crippen molar-refractivity contribution in [3.8, 4) is 0 Å². The summed E-state index contributed by atoms with van der Waals surface area (Å²) < 4.78 is 11.1. The van der Waals surface area contributed by atoms with Gasteiger partial charge in [0.05, 0.1) is 26.4 Å². The second-order valence-electron chi connectivity index (χ2n) is 11.7. The Morgan fingerprint density at radius 2 is 1.31 bits per heavy atom. The van der Waals surface area contributed by atoms with Crippen molar-refractivity contribution in [2.75, 3.05) is 52.6 Å². The van der Waals surface area contributed by atoms with Gasteiger partial charge in [-0.1, -0.05) is 25.0 Å². The van der Waals surface area contributed by atoms with Crippen molar-refractivity contribution in [3.63, 3.8) is 0 Å². The van der Waals surface area contributed by atoms with E-state index < -0.39 is 0 Å². The molecule has 2 aliphatic rings. The third kappa shape index (κ3) is 6.88. The number of benzene rings is 2. The van der Waals surface area contributed by atoms with Gasteiger partial charge < -0.3 is 19.4 Å². The topological polar surface area (TPSA) is 106 Å². The van der Waals surface area contributed by atoms with Crippen LogP contribution in [0.2, 0.25) is 0 Å². The molecule has 2 fully saturated rings. The van der Waals surface area contributed by atoms with E-state index in [1.54, 1.807) is 5.48 Å². The minimum atomic E-state index is -0.319. The van der Waals surface area contributed by atoms with Gasteiger partial charge in [0.15, 0.2) is 0 Å². The number of aromatic amines is 2. The SMILES string of the molecule is O=C(CCCCCC(c1c[nH]c2ccc(CN3CCOCC3)cc12)c1c[nH]c2ccc(CN3CCOCC3)cc12)NO. The smallest absolute Gasteiger partial charge is 0.243 e. The van der Waals surface area contributed by atoms with Crippen LogP contribution in [-0.4, -0.2) is 83.5 Å². The molecule has 0 unspecified atom stereocenters. The van der Waals surface area contributed by atoms with Gasteiger partial charge in [0, 0.05) is 85.8 Å². The number of fused-ring (bicyclic) bond motifs is 2. The molecule has 9 nitrogen and oxygen atoms in total. The van der Waals surface area contributed by atoms with E-state index in [2.05, 4.69) is 68.6 Å². The van der Waals surface area contributed by atoms with Crippen LogP contribution < -0.4 is 5.48 Å². The lowest BCUT2D eigenvalue weighted by Crippen LogP contribution is -2.35. The molecule has 4 heterocycles. The number of hydroxylamine groups is 1. The van der Waals surface area contributed by atoms with Crippen LogP contribution in [0.1, 0.15) is 60.3 Å². The first-order valence-electron chi connectivity index (χ1n) is 15.4. The highest BCUT2D eigenvalue weighted by Gasteiger charge is 2.22. The van der Waals surface area contributed by atoms with Crippen LogP contribution in [0.3, 0.4) is 0 Å². The monoisotopic (exact) mass is 573 g/mol. The van der Waals surface area contributed by atoms with Gasteiger partial charge >= 0.3 is 0 Å². The fourth-order valence-corrected chi connectivity index (χ4v) is 6.53. The highest BCUT2D eigenvalue weighted by molar-refractivity contribution is 5.88. The molecule has 0 aliphatic carbocycles. The minimum absolute atomic E-state index is 0.205. The number of nitrogens with one attached hydrogen (secondary N) is 3. The first-order valence-corrected chi connectivity index (χ1v) is 15.4. The number of carbonyl (C=O) groups excluding carboxylic acids is 1. The molecule has 2 saturated heterocycles. The number of unbranched alkanes of at least 4 members (excludes halogenated alkanes) is 2. The van der Waals surface area contributed by atoms with Gasteiger partial charge in [-0.3, -0.25) is 19.8 Å². The molecule has 4 N–H and O–H groups in total. The van der Waals surface area contributed by atoms with Crippen LogP contribution in [0.25, 0.3) is 21.8 Å². The van der Waals surface area contributed by atoms with E-state index in [9.17, 15) is 4.79 Å². The summed E-state index contributed by atoms with van der Waals surface area (Å²) in [4.78, 5) is 23.6. The Morgan fingerprint density at radius 3 is 1.81 bits per heavy atom. The summed E-state index contributed by atoms with van der Waals surface area (Å²) in [6.07, 6.45) is 8.39. The van der Waals surface area contributed by atoms with Gasteiger partial charge in [-0.15, -0.1) is 0 Å². The summed E-state index contributed by atoms with van der Waals surface area (Å²) >= 11 is 0.